The third kappa shape index (κ3) is 4.94. The highest BCUT2D eigenvalue weighted by molar-refractivity contribution is 6.04. The first-order chi connectivity index (χ1) is 13.0. The third-order valence-corrected chi connectivity index (χ3v) is 4.59. The molecule has 0 spiro atoms. The summed E-state index contributed by atoms with van der Waals surface area (Å²) in [7, 11) is 1.58. The van der Waals surface area contributed by atoms with E-state index in [1.165, 1.54) is 0 Å². The first-order valence-electron chi connectivity index (χ1n) is 9.28. The van der Waals surface area contributed by atoms with Gasteiger partial charge in [0.05, 0.1) is 30.6 Å². The minimum absolute atomic E-state index is 0. The highest BCUT2D eigenvalue weighted by atomic mass is 35.5. The fourth-order valence-corrected chi connectivity index (χ4v) is 3.22. The van der Waals surface area contributed by atoms with Gasteiger partial charge in [0.25, 0.3) is 5.91 Å². The molecule has 154 valence electrons. The van der Waals surface area contributed by atoms with Crippen molar-refractivity contribution in [2.75, 3.05) is 25.5 Å². The molecule has 1 aliphatic rings. The number of carbonyl (C=O) groups excluding carboxylic acids is 1. The molecule has 9 heteroatoms. The van der Waals surface area contributed by atoms with Crippen molar-refractivity contribution < 1.29 is 14.3 Å². The van der Waals surface area contributed by atoms with Gasteiger partial charge in [-0.15, -0.1) is 17.5 Å². The fraction of sp³-hybridized carbons (Fsp3) is 0.526. The van der Waals surface area contributed by atoms with Crippen molar-refractivity contribution in [1.82, 2.24) is 20.3 Å². The van der Waals surface area contributed by atoms with Crippen molar-refractivity contribution in [1.29, 1.82) is 0 Å². The summed E-state index contributed by atoms with van der Waals surface area (Å²) in [6.07, 6.45) is 1.94. The minimum Gasteiger partial charge on any atom is -0.497 e. The lowest BCUT2D eigenvalue weighted by Crippen LogP contribution is -2.30. The zero-order valence-electron chi connectivity index (χ0n) is 16.7. The zero-order valence-corrected chi connectivity index (χ0v) is 17.5. The molecule has 2 N–H and O–H groups in total. The Bertz CT molecular complexity index is 803. The van der Waals surface area contributed by atoms with E-state index in [9.17, 15) is 4.79 Å². The summed E-state index contributed by atoms with van der Waals surface area (Å²) in [5.41, 5.74) is 1.64. The first-order valence-corrected chi connectivity index (χ1v) is 9.28. The quantitative estimate of drug-likeness (QED) is 0.762. The number of hydrogen-bond acceptors (Lipinski definition) is 6. The number of nitrogens with one attached hydrogen (secondary N) is 2. The average Bonchev–Trinajstić information content (AvgIpc) is 3.05. The number of benzene rings is 1. The van der Waals surface area contributed by atoms with Gasteiger partial charge in [0.15, 0.2) is 5.69 Å². The predicted octanol–water partition coefficient (Wildman–Crippen LogP) is 2.98. The second-order valence-electron chi connectivity index (χ2n) is 6.93. The summed E-state index contributed by atoms with van der Waals surface area (Å²) in [5.74, 6) is 0.911. The first kappa shape index (κ1) is 22.0. The average molecular weight is 410 g/mol. The number of methoxy groups -OCH3 is 1. The largest absolute Gasteiger partial charge is 0.497 e. The van der Waals surface area contributed by atoms with Gasteiger partial charge < -0.3 is 20.1 Å². The second kappa shape index (κ2) is 9.75. The Morgan fingerprint density at radius 2 is 2.04 bits per heavy atom. The number of rotatable bonds is 6. The van der Waals surface area contributed by atoms with E-state index in [0.717, 1.165) is 31.6 Å². The lowest BCUT2D eigenvalue weighted by Gasteiger charge is -2.23. The molecule has 1 amide bonds. The van der Waals surface area contributed by atoms with Gasteiger partial charge in [-0.25, -0.2) is 4.68 Å². The molecule has 3 rings (SSSR count). The second-order valence-corrected chi connectivity index (χ2v) is 6.93. The van der Waals surface area contributed by atoms with Crippen molar-refractivity contribution in [3.8, 4) is 11.5 Å². The Kier molecular flexibility index (Phi) is 7.65. The highest BCUT2D eigenvalue weighted by Gasteiger charge is 2.23. The monoisotopic (exact) mass is 409 g/mol. The van der Waals surface area contributed by atoms with Crippen LogP contribution in [0.25, 0.3) is 0 Å². The summed E-state index contributed by atoms with van der Waals surface area (Å²) in [4.78, 5) is 12.8. The van der Waals surface area contributed by atoms with E-state index in [4.69, 9.17) is 9.47 Å². The molecule has 0 unspecified atom stereocenters. The number of nitrogens with zero attached hydrogens (tertiary/aromatic N) is 3. The fourth-order valence-electron chi connectivity index (χ4n) is 3.22. The molecule has 2 heterocycles. The molecule has 2 aromatic rings. The number of ether oxygens (including phenoxy) is 2. The van der Waals surface area contributed by atoms with Crippen LogP contribution in [-0.4, -0.2) is 47.2 Å². The van der Waals surface area contributed by atoms with E-state index in [0.29, 0.717) is 22.9 Å². The van der Waals surface area contributed by atoms with Gasteiger partial charge in [-0.2, -0.15) is 0 Å². The summed E-state index contributed by atoms with van der Waals surface area (Å²) in [6.45, 7) is 7.65. The number of piperidine rings is 1. The van der Waals surface area contributed by atoms with Crippen molar-refractivity contribution in [3.05, 3.63) is 29.6 Å². The van der Waals surface area contributed by atoms with Crippen LogP contribution in [0.1, 0.15) is 48.9 Å². The third-order valence-electron chi connectivity index (χ3n) is 4.59. The van der Waals surface area contributed by atoms with Crippen LogP contribution in [0.15, 0.2) is 18.2 Å². The Labute approximate surface area is 171 Å². The van der Waals surface area contributed by atoms with Crippen molar-refractivity contribution in [3.63, 3.8) is 0 Å². The summed E-state index contributed by atoms with van der Waals surface area (Å²) in [6, 6.07) is 5.60. The molecule has 1 aliphatic heterocycles. The maximum atomic E-state index is 12.8. The Balaban J connectivity index is 0.00000280. The zero-order chi connectivity index (χ0) is 19.4. The Hall–Kier alpha value is -2.32. The van der Waals surface area contributed by atoms with Crippen LogP contribution < -0.4 is 20.1 Å². The lowest BCUT2D eigenvalue weighted by molar-refractivity contribution is 0.102. The van der Waals surface area contributed by atoms with Gasteiger partial charge in [-0.05, 0) is 58.8 Å². The van der Waals surface area contributed by atoms with E-state index < -0.39 is 0 Å². The van der Waals surface area contributed by atoms with Gasteiger partial charge in [0, 0.05) is 6.07 Å². The van der Waals surface area contributed by atoms with E-state index in [1.807, 2.05) is 25.5 Å². The normalized spacial score (nSPS) is 14.5. The van der Waals surface area contributed by atoms with Crippen molar-refractivity contribution in [2.24, 2.45) is 0 Å². The molecule has 0 atom stereocenters. The van der Waals surface area contributed by atoms with Gasteiger partial charge in [-0.1, -0.05) is 5.21 Å². The highest BCUT2D eigenvalue weighted by Crippen LogP contribution is 2.30. The lowest BCUT2D eigenvalue weighted by atomic mass is 10.1. The molecule has 1 aromatic carbocycles. The van der Waals surface area contributed by atoms with Crippen LogP contribution in [0.2, 0.25) is 0 Å². The van der Waals surface area contributed by atoms with Crippen LogP contribution in [0.5, 0.6) is 11.5 Å². The van der Waals surface area contributed by atoms with Gasteiger partial charge >= 0.3 is 0 Å². The SMILES string of the molecule is COc1ccc(OC(C)C)c(NC(=O)c2nnn(C3CCNCC3)c2C)c1.Cl. The van der Waals surface area contributed by atoms with Gasteiger partial charge in [-0.3, -0.25) is 4.79 Å². The molecule has 28 heavy (non-hydrogen) atoms. The standard InChI is InChI=1S/C19H27N5O3.ClH/c1-12(2)27-17-6-5-15(26-4)11-16(17)21-19(25)18-13(3)24(23-22-18)14-7-9-20-10-8-14;/h5-6,11-12,14,20H,7-10H2,1-4H3,(H,21,25);1H. The molecule has 1 aromatic heterocycles. The summed E-state index contributed by atoms with van der Waals surface area (Å²) < 4.78 is 12.9. The maximum absolute atomic E-state index is 12.8. The summed E-state index contributed by atoms with van der Waals surface area (Å²) >= 11 is 0. The predicted molar refractivity (Wildman–Crippen MR) is 110 cm³/mol. The Morgan fingerprint density at radius 3 is 2.68 bits per heavy atom. The maximum Gasteiger partial charge on any atom is 0.278 e. The Morgan fingerprint density at radius 1 is 1.32 bits per heavy atom. The van der Waals surface area contributed by atoms with E-state index in [1.54, 1.807) is 25.3 Å². The van der Waals surface area contributed by atoms with Crippen molar-refractivity contribution in [2.45, 2.75) is 45.8 Å². The molecule has 1 saturated heterocycles. The van der Waals surface area contributed by atoms with Crippen LogP contribution in [0.4, 0.5) is 5.69 Å². The molecule has 0 radical (unpaired) electrons. The molecular weight excluding hydrogens is 382 g/mol. The topological polar surface area (TPSA) is 90.3 Å². The molecule has 1 fully saturated rings. The van der Waals surface area contributed by atoms with E-state index in [2.05, 4.69) is 20.9 Å². The van der Waals surface area contributed by atoms with E-state index in [-0.39, 0.29) is 30.5 Å². The number of anilines is 1. The number of hydrogen-bond donors (Lipinski definition) is 2. The molecule has 0 bridgehead atoms. The molecule has 0 aliphatic carbocycles. The smallest absolute Gasteiger partial charge is 0.278 e. The number of amides is 1. The molecular formula is C19H28ClN5O3. The van der Waals surface area contributed by atoms with Gasteiger partial charge in [0.1, 0.15) is 11.5 Å². The van der Waals surface area contributed by atoms with Crippen LogP contribution >= 0.6 is 12.4 Å². The van der Waals surface area contributed by atoms with Gasteiger partial charge in [0.2, 0.25) is 0 Å². The molecule has 8 nitrogen and oxygen atoms in total. The van der Waals surface area contributed by atoms with Crippen LogP contribution in [-0.2, 0) is 0 Å². The number of aromatic nitrogens is 3. The van der Waals surface area contributed by atoms with Crippen molar-refractivity contribution >= 4 is 24.0 Å². The number of halogens is 1. The minimum atomic E-state index is -0.311. The molecule has 0 saturated carbocycles. The summed E-state index contributed by atoms with van der Waals surface area (Å²) in [5, 5.41) is 14.6. The van der Waals surface area contributed by atoms with Crippen LogP contribution in [0.3, 0.4) is 0 Å². The van der Waals surface area contributed by atoms with Crippen LogP contribution in [0, 0.1) is 6.92 Å². The van der Waals surface area contributed by atoms with E-state index >= 15 is 0 Å². The number of carbonyl (C=O) groups is 1.